The number of halogens is 1. The third-order valence-corrected chi connectivity index (χ3v) is 4.48. The number of nitrogens with zero attached hydrogens (tertiary/aromatic N) is 2. The quantitative estimate of drug-likeness (QED) is 0.932. The Morgan fingerprint density at radius 2 is 2.11 bits per heavy atom. The van der Waals surface area contributed by atoms with Gasteiger partial charge >= 0.3 is 0 Å². The number of rotatable bonds is 3. The Bertz CT molecular complexity index is 422. The molecule has 1 aliphatic heterocycles. The summed E-state index contributed by atoms with van der Waals surface area (Å²) in [5.74, 6) is 0.256. The van der Waals surface area contributed by atoms with E-state index >= 15 is 0 Å². The first kappa shape index (κ1) is 16.5. The number of carbonyl (C=O) groups excluding carboxylic acids is 1. The zero-order chi connectivity index (χ0) is 13.2. The van der Waals surface area contributed by atoms with Crippen LogP contribution in [0.15, 0.2) is 0 Å². The normalized spacial score (nSPS) is 19.8. The molecule has 0 radical (unpaired) electrons. The topological polar surface area (TPSA) is 54.9 Å². The SMILES string of the molecule is CC(C)(C)c1nnc(CC(=O)[C@@H]2CCCCN2)s1.Cl. The average Bonchev–Trinajstić information content (AvgIpc) is 2.78. The largest absolute Gasteiger partial charge is 0.307 e. The van der Waals surface area contributed by atoms with Crippen LogP contribution in [0.1, 0.15) is 50.0 Å². The van der Waals surface area contributed by atoms with Gasteiger partial charge in [0.25, 0.3) is 0 Å². The molecular weight excluding hydrogens is 282 g/mol. The Balaban J connectivity index is 0.00000180. The summed E-state index contributed by atoms with van der Waals surface area (Å²) in [5, 5.41) is 13.4. The van der Waals surface area contributed by atoms with Crippen molar-refractivity contribution in [2.45, 2.75) is 57.9 Å². The molecule has 4 nitrogen and oxygen atoms in total. The molecule has 1 atom stereocenters. The summed E-state index contributed by atoms with van der Waals surface area (Å²) in [5.41, 5.74) is 0.0159. The molecule has 6 heteroatoms. The molecule has 1 fully saturated rings. The highest BCUT2D eigenvalue weighted by Gasteiger charge is 2.24. The third kappa shape index (κ3) is 4.51. The van der Waals surface area contributed by atoms with E-state index in [9.17, 15) is 4.79 Å². The maximum absolute atomic E-state index is 12.1. The van der Waals surface area contributed by atoms with Crippen LogP contribution in [0.2, 0.25) is 0 Å². The van der Waals surface area contributed by atoms with Crippen molar-refractivity contribution in [3.63, 3.8) is 0 Å². The first-order valence-electron chi connectivity index (χ1n) is 6.56. The minimum absolute atomic E-state index is 0. The number of nitrogens with one attached hydrogen (secondary N) is 1. The van der Waals surface area contributed by atoms with Gasteiger partial charge in [-0.2, -0.15) is 0 Å². The summed E-state index contributed by atoms with van der Waals surface area (Å²) in [6, 6.07) is 0.0285. The molecule has 2 rings (SSSR count). The second-order valence-electron chi connectivity index (χ2n) is 5.90. The first-order valence-corrected chi connectivity index (χ1v) is 7.37. The van der Waals surface area contributed by atoms with Crippen molar-refractivity contribution in [2.75, 3.05) is 6.54 Å². The second-order valence-corrected chi connectivity index (χ2v) is 6.96. The molecule has 1 aromatic heterocycles. The van der Waals surface area contributed by atoms with E-state index in [0.717, 1.165) is 29.4 Å². The van der Waals surface area contributed by atoms with Crippen LogP contribution in [-0.2, 0) is 16.6 Å². The predicted molar refractivity (Wildman–Crippen MR) is 80.2 cm³/mol. The molecule has 1 N–H and O–H groups in total. The standard InChI is InChI=1S/C13H21N3OS.ClH/c1-13(2,3)12-16-15-11(18-12)8-10(17)9-6-4-5-7-14-9;/h9,14H,4-8H2,1-3H3;1H/t9-;/m0./s1. The molecule has 0 bridgehead atoms. The van der Waals surface area contributed by atoms with Crippen molar-refractivity contribution in [3.05, 3.63) is 10.0 Å². The van der Waals surface area contributed by atoms with Crippen LogP contribution in [0.3, 0.4) is 0 Å². The molecule has 0 spiro atoms. The number of Topliss-reactive ketones (excluding diaryl/α,β-unsaturated/α-hetero) is 1. The Kier molecular flexibility index (Phi) is 5.89. The summed E-state index contributed by atoms with van der Waals surface area (Å²) in [6.45, 7) is 7.30. The number of hydrogen-bond acceptors (Lipinski definition) is 5. The van der Waals surface area contributed by atoms with Crippen LogP contribution >= 0.6 is 23.7 Å². The van der Waals surface area contributed by atoms with Crippen molar-refractivity contribution in [2.24, 2.45) is 0 Å². The highest BCUT2D eigenvalue weighted by molar-refractivity contribution is 7.11. The van der Waals surface area contributed by atoms with Gasteiger partial charge in [-0.25, -0.2) is 0 Å². The van der Waals surface area contributed by atoms with E-state index in [0.29, 0.717) is 6.42 Å². The molecule has 19 heavy (non-hydrogen) atoms. The van der Waals surface area contributed by atoms with Crippen molar-refractivity contribution in [1.82, 2.24) is 15.5 Å². The molecule has 2 heterocycles. The van der Waals surface area contributed by atoms with Crippen molar-refractivity contribution >= 4 is 29.5 Å². The fourth-order valence-electron chi connectivity index (χ4n) is 2.03. The molecule has 0 amide bonds. The van der Waals surface area contributed by atoms with Crippen molar-refractivity contribution in [3.8, 4) is 0 Å². The minimum atomic E-state index is 0. The van der Waals surface area contributed by atoms with Gasteiger partial charge in [-0.1, -0.05) is 27.2 Å². The smallest absolute Gasteiger partial charge is 0.156 e. The Hall–Kier alpha value is -0.520. The van der Waals surface area contributed by atoms with Gasteiger partial charge in [0.15, 0.2) is 5.78 Å². The molecule has 0 aromatic carbocycles. The monoisotopic (exact) mass is 303 g/mol. The molecule has 1 aromatic rings. The maximum Gasteiger partial charge on any atom is 0.156 e. The van der Waals surface area contributed by atoms with E-state index in [4.69, 9.17) is 0 Å². The number of aromatic nitrogens is 2. The van der Waals surface area contributed by atoms with E-state index in [-0.39, 0.29) is 29.6 Å². The third-order valence-electron chi connectivity index (χ3n) is 3.13. The summed E-state index contributed by atoms with van der Waals surface area (Å²) >= 11 is 1.56. The second kappa shape index (κ2) is 6.77. The summed E-state index contributed by atoms with van der Waals surface area (Å²) in [4.78, 5) is 12.1. The van der Waals surface area contributed by atoms with Gasteiger partial charge in [0, 0.05) is 5.41 Å². The van der Waals surface area contributed by atoms with Gasteiger partial charge in [-0.15, -0.1) is 33.9 Å². The molecule has 0 unspecified atom stereocenters. The van der Waals surface area contributed by atoms with Gasteiger partial charge in [-0.3, -0.25) is 4.79 Å². The zero-order valence-corrected chi connectivity index (χ0v) is 13.4. The van der Waals surface area contributed by atoms with Crippen molar-refractivity contribution in [1.29, 1.82) is 0 Å². The van der Waals surface area contributed by atoms with E-state index in [1.165, 1.54) is 6.42 Å². The van der Waals surface area contributed by atoms with E-state index in [2.05, 4.69) is 36.3 Å². The van der Waals surface area contributed by atoms with Gasteiger partial charge in [-0.05, 0) is 19.4 Å². The summed E-state index contributed by atoms with van der Waals surface area (Å²) in [7, 11) is 0. The van der Waals surface area contributed by atoms with Crippen LogP contribution < -0.4 is 5.32 Å². The lowest BCUT2D eigenvalue weighted by Gasteiger charge is -2.21. The Morgan fingerprint density at radius 1 is 1.37 bits per heavy atom. The fraction of sp³-hybridized carbons (Fsp3) is 0.769. The van der Waals surface area contributed by atoms with Gasteiger partial charge < -0.3 is 5.32 Å². The Morgan fingerprint density at radius 3 is 2.63 bits per heavy atom. The first-order chi connectivity index (χ1) is 8.47. The number of ketones is 1. The summed E-state index contributed by atoms with van der Waals surface area (Å²) in [6.07, 6.45) is 3.71. The zero-order valence-electron chi connectivity index (χ0n) is 11.7. The molecule has 1 aliphatic rings. The van der Waals surface area contributed by atoms with Gasteiger partial charge in [0.05, 0.1) is 12.5 Å². The summed E-state index contributed by atoms with van der Waals surface area (Å²) < 4.78 is 0. The highest BCUT2D eigenvalue weighted by Crippen LogP contribution is 2.25. The van der Waals surface area contributed by atoms with Crippen molar-refractivity contribution < 1.29 is 4.79 Å². The minimum Gasteiger partial charge on any atom is -0.307 e. The van der Waals surface area contributed by atoms with E-state index < -0.39 is 0 Å². The Labute approximate surface area is 124 Å². The van der Waals surface area contributed by atoms with Gasteiger partial charge in [0.1, 0.15) is 10.0 Å². The molecule has 0 saturated carbocycles. The lowest BCUT2D eigenvalue weighted by atomic mass is 9.98. The highest BCUT2D eigenvalue weighted by atomic mass is 35.5. The van der Waals surface area contributed by atoms with Gasteiger partial charge in [0.2, 0.25) is 0 Å². The lowest BCUT2D eigenvalue weighted by Crippen LogP contribution is -2.41. The fourth-order valence-corrected chi connectivity index (χ4v) is 2.93. The van der Waals surface area contributed by atoms with E-state index in [1.807, 2.05) is 0 Å². The average molecular weight is 304 g/mol. The number of hydrogen-bond donors (Lipinski definition) is 1. The van der Waals surface area contributed by atoms with Crippen LogP contribution in [0.4, 0.5) is 0 Å². The number of carbonyl (C=O) groups is 1. The number of piperidine rings is 1. The van der Waals surface area contributed by atoms with Crippen LogP contribution in [0.5, 0.6) is 0 Å². The maximum atomic E-state index is 12.1. The molecule has 108 valence electrons. The van der Waals surface area contributed by atoms with Crippen LogP contribution in [-0.4, -0.2) is 28.6 Å². The lowest BCUT2D eigenvalue weighted by molar-refractivity contribution is -0.120. The molecular formula is C13H22ClN3OS. The van der Waals surface area contributed by atoms with Crippen LogP contribution in [0, 0.1) is 0 Å². The molecule has 1 saturated heterocycles. The van der Waals surface area contributed by atoms with Crippen LogP contribution in [0.25, 0.3) is 0 Å². The predicted octanol–water partition coefficient (Wildman–Crippen LogP) is 2.51. The van der Waals surface area contributed by atoms with E-state index in [1.54, 1.807) is 11.3 Å². The molecule has 0 aliphatic carbocycles.